The number of amides is 1. The van der Waals surface area contributed by atoms with Crippen molar-refractivity contribution >= 4 is 54.7 Å². The summed E-state index contributed by atoms with van der Waals surface area (Å²) in [6.45, 7) is 3.24. The van der Waals surface area contributed by atoms with E-state index in [1.165, 1.54) is 15.6 Å². The summed E-state index contributed by atoms with van der Waals surface area (Å²) in [6.07, 6.45) is 0.652. The van der Waals surface area contributed by atoms with Gasteiger partial charge in [0.1, 0.15) is 9.09 Å². The van der Waals surface area contributed by atoms with Crippen molar-refractivity contribution in [3.8, 4) is 0 Å². The molecule has 0 atom stereocenters. The van der Waals surface area contributed by atoms with Gasteiger partial charge in [0, 0.05) is 26.2 Å². The number of rotatable bonds is 4. The number of halogens is 1. The average Bonchev–Trinajstić information content (AvgIpc) is 3.23. The minimum absolute atomic E-state index is 0.113. The van der Waals surface area contributed by atoms with Crippen LogP contribution in [0.3, 0.4) is 0 Å². The third kappa shape index (κ3) is 3.40. The molecule has 0 unspecified atom stereocenters. The molecule has 7 nitrogen and oxygen atoms in total. The van der Waals surface area contributed by atoms with Crippen LogP contribution >= 0.6 is 38.8 Å². The van der Waals surface area contributed by atoms with E-state index in [-0.39, 0.29) is 19.0 Å². The third-order valence-corrected chi connectivity index (χ3v) is 8.50. The predicted molar refractivity (Wildman–Crippen MR) is 96.0 cm³/mol. The van der Waals surface area contributed by atoms with E-state index in [1.807, 2.05) is 6.92 Å². The molecule has 2 aromatic heterocycles. The molecule has 0 aliphatic carbocycles. The van der Waals surface area contributed by atoms with Crippen LogP contribution in [0.5, 0.6) is 0 Å². The minimum Gasteiger partial charge on any atom is -0.335 e. The Morgan fingerprint density at radius 2 is 2.00 bits per heavy atom. The Morgan fingerprint density at radius 3 is 2.58 bits per heavy atom. The first-order valence-electron chi connectivity index (χ1n) is 7.29. The van der Waals surface area contributed by atoms with E-state index >= 15 is 0 Å². The van der Waals surface area contributed by atoms with Gasteiger partial charge in [-0.1, -0.05) is 11.4 Å². The van der Waals surface area contributed by atoms with Crippen LogP contribution in [0.15, 0.2) is 20.1 Å². The molecule has 3 heterocycles. The Bertz CT molecular complexity index is 840. The second-order valence-electron chi connectivity index (χ2n) is 5.16. The fourth-order valence-corrected chi connectivity index (χ4v) is 6.75. The van der Waals surface area contributed by atoms with Crippen LogP contribution in [-0.4, -0.2) is 59.3 Å². The summed E-state index contributed by atoms with van der Waals surface area (Å²) in [5.74, 6) is -0.113. The SMILES string of the molecule is CCc1nnsc1C(=O)N1CCN(S(=O)(=O)c2ccc(Br)s2)CC1. The normalized spacial score (nSPS) is 16.5. The zero-order chi connectivity index (χ0) is 17.3. The lowest BCUT2D eigenvalue weighted by Gasteiger charge is -2.33. The van der Waals surface area contributed by atoms with Crippen LogP contribution in [0.4, 0.5) is 0 Å². The highest BCUT2D eigenvalue weighted by Crippen LogP contribution is 2.29. The number of aryl methyl sites for hydroxylation is 1. The first-order chi connectivity index (χ1) is 11.4. The van der Waals surface area contributed by atoms with Crippen LogP contribution in [-0.2, 0) is 16.4 Å². The summed E-state index contributed by atoms with van der Waals surface area (Å²) in [5, 5.41) is 3.96. The Morgan fingerprint density at radius 1 is 1.29 bits per heavy atom. The van der Waals surface area contributed by atoms with Gasteiger partial charge in [-0.15, -0.1) is 16.4 Å². The lowest BCUT2D eigenvalue weighted by atomic mass is 10.2. The van der Waals surface area contributed by atoms with E-state index in [0.29, 0.717) is 34.3 Å². The van der Waals surface area contributed by atoms with E-state index < -0.39 is 10.0 Å². The molecule has 1 amide bonds. The standard InChI is InChI=1S/C13H15BrN4O3S3/c1-2-9-12(23-16-15-9)13(19)17-5-7-18(8-6-17)24(20,21)11-4-3-10(14)22-11/h3-4H,2,5-8H2,1H3. The summed E-state index contributed by atoms with van der Waals surface area (Å²) >= 11 is 5.57. The summed E-state index contributed by atoms with van der Waals surface area (Å²) in [7, 11) is -3.50. The first kappa shape index (κ1) is 17.9. The smallest absolute Gasteiger partial charge is 0.267 e. The topological polar surface area (TPSA) is 83.5 Å². The summed E-state index contributed by atoms with van der Waals surface area (Å²) < 4.78 is 31.6. The van der Waals surface area contributed by atoms with Crippen LogP contribution in [0.1, 0.15) is 22.3 Å². The lowest BCUT2D eigenvalue weighted by Crippen LogP contribution is -2.50. The van der Waals surface area contributed by atoms with Crippen molar-refractivity contribution in [3.05, 3.63) is 26.5 Å². The van der Waals surface area contributed by atoms with Gasteiger partial charge in [-0.25, -0.2) is 8.42 Å². The van der Waals surface area contributed by atoms with Crippen molar-refractivity contribution in [3.63, 3.8) is 0 Å². The third-order valence-electron chi connectivity index (χ3n) is 3.75. The Balaban J connectivity index is 1.69. The van der Waals surface area contributed by atoms with Crippen molar-refractivity contribution < 1.29 is 13.2 Å². The summed E-state index contributed by atoms with van der Waals surface area (Å²) in [6, 6.07) is 3.32. The zero-order valence-electron chi connectivity index (χ0n) is 12.8. The molecule has 1 saturated heterocycles. The quantitative estimate of drug-likeness (QED) is 0.711. The van der Waals surface area contributed by atoms with Crippen LogP contribution in [0.2, 0.25) is 0 Å². The minimum atomic E-state index is -3.50. The van der Waals surface area contributed by atoms with Crippen molar-refractivity contribution in [2.24, 2.45) is 0 Å². The van der Waals surface area contributed by atoms with Gasteiger partial charge in [-0.3, -0.25) is 4.79 Å². The molecule has 1 aliphatic rings. The number of nitrogens with zero attached hydrogens (tertiary/aromatic N) is 4. The lowest BCUT2D eigenvalue weighted by molar-refractivity contribution is 0.0701. The van der Waals surface area contributed by atoms with Gasteiger partial charge in [0.25, 0.3) is 15.9 Å². The molecule has 2 aromatic rings. The molecule has 130 valence electrons. The van der Waals surface area contributed by atoms with Crippen molar-refractivity contribution in [1.82, 2.24) is 18.8 Å². The molecule has 1 fully saturated rings. The van der Waals surface area contributed by atoms with Gasteiger partial charge >= 0.3 is 0 Å². The molecule has 0 N–H and O–H groups in total. The van der Waals surface area contributed by atoms with E-state index in [4.69, 9.17) is 0 Å². The number of sulfonamides is 1. The van der Waals surface area contributed by atoms with Crippen molar-refractivity contribution in [1.29, 1.82) is 0 Å². The van der Waals surface area contributed by atoms with E-state index in [1.54, 1.807) is 17.0 Å². The number of piperazine rings is 1. The Hall–Kier alpha value is -0.880. The fraction of sp³-hybridized carbons (Fsp3) is 0.462. The molecular formula is C13H15BrN4O3S3. The average molecular weight is 451 g/mol. The molecule has 0 aromatic carbocycles. The molecule has 0 saturated carbocycles. The van der Waals surface area contributed by atoms with Gasteiger partial charge in [0.15, 0.2) is 0 Å². The fourth-order valence-electron chi connectivity index (χ4n) is 2.44. The number of hydrogen-bond acceptors (Lipinski definition) is 7. The summed E-state index contributed by atoms with van der Waals surface area (Å²) in [4.78, 5) is 14.8. The molecular weight excluding hydrogens is 436 g/mol. The molecule has 11 heteroatoms. The molecule has 1 aliphatic heterocycles. The number of hydrogen-bond donors (Lipinski definition) is 0. The van der Waals surface area contributed by atoms with Gasteiger partial charge in [0.2, 0.25) is 0 Å². The highest BCUT2D eigenvalue weighted by molar-refractivity contribution is 9.11. The molecule has 24 heavy (non-hydrogen) atoms. The van der Waals surface area contributed by atoms with E-state index in [2.05, 4.69) is 25.5 Å². The maximum absolute atomic E-state index is 12.6. The largest absolute Gasteiger partial charge is 0.335 e. The zero-order valence-corrected chi connectivity index (χ0v) is 16.8. The van der Waals surface area contributed by atoms with Gasteiger partial charge in [-0.2, -0.15) is 4.31 Å². The monoisotopic (exact) mass is 450 g/mol. The maximum atomic E-state index is 12.6. The van der Waals surface area contributed by atoms with E-state index in [9.17, 15) is 13.2 Å². The van der Waals surface area contributed by atoms with Gasteiger partial charge in [-0.05, 0) is 46.0 Å². The molecule has 0 bridgehead atoms. The molecule has 0 radical (unpaired) electrons. The van der Waals surface area contributed by atoms with Crippen molar-refractivity contribution in [2.45, 2.75) is 17.6 Å². The maximum Gasteiger partial charge on any atom is 0.267 e. The predicted octanol–water partition coefficient (Wildman–Crippen LogP) is 2.07. The number of aromatic nitrogens is 2. The van der Waals surface area contributed by atoms with Crippen LogP contribution in [0.25, 0.3) is 0 Å². The highest BCUT2D eigenvalue weighted by atomic mass is 79.9. The molecule has 0 spiro atoms. The Labute approximate surface area is 156 Å². The summed E-state index contributed by atoms with van der Waals surface area (Å²) in [5.41, 5.74) is 0.698. The van der Waals surface area contributed by atoms with E-state index in [0.717, 1.165) is 15.3 Å². The number of thiophene rings is 1. The van der Waals surface area contributed by atoms with Gasteiger partial charge in [0.05, 0.1) is 9.48 Å². The highest BCUT2D eigenvalue weighted by Gasteiger charge is 2.32. The Kier molecular flexibility index (Phi) is 5.35. The van der Waals surface area contributed by atoms with Crippen LogP contribution in [0, 0.1) is 0 Å². The first-order valence-corrected chi connectivity index (χ1v) is 11.1. The van der Waals surface area contributed by atoms with Gasteiger partial charge < -0.3 is 4.90 Å². The second-order valence-corrected chi connectivity index (χ2v) is 10.5. The van der Waals surface area contributed by atoms with Crippen LogP contribution < -0.4 is 0 Å². The number of carbonyl (C=O) groups excluding carboxylic acids is 1. The number of carbonyl (C=O) groups is 1. The molecule has 3 rings (SSSR count). The second kappa shape index (κ2) is 7.16. The van der Waals surface area contributed by atoms with Crippen molar-refractivity contribution in [2.75, 3.05) is 26.2 Å².